The van der Waals surface area contributed by atoms with Crippen molar-refractivity contribution in [2.45, 2.75) is 32.6 Å². The van der Waals surface area contributed by atoms with Gasteiger partial charge in [-0.2, -0.15) is 0 Å². The molecule has 0 aliphatic carbocycles. The van der Waals surface area contributed by atoms with Crippen molar-refractivity contribution in [2.24, 2.45) is 11.8 Å². The van der Waals surface area contributed by atoms with Crippen LogP contribution >= 0.6 is 11.6 Å². The van der Waals surface area contributed by atoms with E-state index in [1.165, 1.54) is 12.8 Å². The smallest absolute Gasteiger partial charge is 0.137 e. The first kappa shape index (κ1) is 14.5. The van der Waals surface area contributed by atoms with E-state index >= 15 is 0 Å². The molecule has 1 aromatic carbocycles. The highest BCUT2D eigenvalue weighted by molar-refractivity contribution is 6.30. The zero-order valence-electron chi connectivity index (χ0n) is 11.5. The summed E-state index contributed by atoms with van der Waals surface area (Å²) < 4.78 is 0. The van der Waals surface area contributed by atoms with Gasteiger partial charge in [0.25, 0.3) is 0 Å². The van der Waals surface area contributed by atoms with E-state index in [1.807, 2.05) is 24.3 Å². The first-order valence-electron chi connectivity index (χ1n) is 7.12. The van der Waals surface area contributed by atoms with Gasteiger partial charge in [0, 0.05) is 17.9 Å². The second-order valence-corrected chi connectivity index (χ2v) is 6.07. The molecule has 3 heteroatoms. The van der Waals surface area contributed by atoms with Crippen LogP contribution in [0.15, 0.2) is 24.3 Å². The average molecular weight is 280 g/mol. The van der Waals surface area contributed by atoms with Crippen LogP contribution in [0.2, 0.25) is 5.02 Å². The zero-order valence-corrected chi connectivity index (χ0v) is 12.2. The lowest BCUT2D eigenvalue weighted by Gasteiger charge is -2.28. The summed E-state index contributed by atoms with van der Waals surface area (Å²) in [6.45, 7) is 4.39. The highest BCUT2D eigenvalue weighted by Gasteiger charge is 2.21. The summed E-state index contributed by atoms with van der Waals surface area (Å²) >= 11 is 5.94. The summed E-state index contributed by atoms with van der Waals surface area (Å²) in [7, 11) is 0. The molecule has 1 heterocycles. The molecule has 1 fully saturated rings. The molecule has 2 unspecified atom stereocenters. The van der Waals surface area contributed by atoms with Gasteiger partial charge in [-0.15, -0.1) is 0 Å². The van der Waals surface area contributed by atoms with Crippen LogP contribution in [0.1, 0.15) is 31.7 Å². The lowest BCUT2D eigenvalue weighted by Crippen LogP contribution is -2.34. The third kappa shape index (κ3) is 4.63. The average Bonchev–Trinajstić information content (AvgIpc) is 2.39. The first-order valence-corrected chi connectivity index (χ1v) is 7.50. The number of nitrogens with one attached hydrogen (secondary N) is 1. The number of hydrogen-bond donors (Lipinski definition) is 1. The van der Waals surface area contributed by atoms with E-state index in [0.29, 0.717) is 35.5 Å². The number of ketones is 1. The maximum Gasteiger partial charge on any atom is 0.137 e. The lowest BCUT2D eigenvalue weighted by atomic mass is 9.84. The molecule has 1 N–H and O–H groups in total. The maximum absolute atomic E-state index is 12.1. The van der Waals surface area contributed by atoms with Crippen molar-refractivity contribution in [3.63, 3.8) is 0 Å². The van der Waals surface area contributed by atoms with Crippen molar-refractivity contribution >= 4 is 17.4 Å². The van der Waals surface area contributed by atoms with Crippen LogP contribution in [0, 0.1) is 11.8 Å². The molecule has 2 nitrogen and oxygen atoms in total. The van der Waals surface area contributed by atoms with Crippen molar-refractivity contribution in [1.82, 2.24) is 5.32 Å². The first-order chi connectivity index (χ1) is 9.15. The highest BCUT2D eigenvalue weighted by atomic mass is 35.5. The Labute approximate surface area is 120 Å². The molecule has 0 amide bonds. The van der Waals surface area contributed by atoms with E-state index < -0.39 is 0 Å². The number of hydrogen-bond acceptors (Lipinski definition) is 2. The van der Waals surface area contributed by atoms with Crippen molar-refractivity contribution in [3.8, 4) is 0 Å². The van der Waals surface area contributed by atoms with E-state index in [-0.39, 0.29) is 0 Å². The summed E-state index contributed by atoms with van der Waals surface area (Å²) in [6, 6.07) is 7.59. The van der Waals surface area contributed by atoms with Crippen LogP contribution in [0.3, 0.4) is 0 Å². The van der Waals surface area contributed by atoms with Crippen LogP contribution in [0.4, 0.5) is 0 Å². The molecule has 0 spiro atoms. The molecule has 19 heavy (non-hydrogen) atoms. The number of benzene rings is 1. The normalized spacial score (nSPS) is 21.1. The third-order valence-electron chi connectivity index (χ3n) is 3.98. The molecule has 1 aliphatic heterocycles. The molecule has 2 atom stereocenters. The van der Waals surface area contributed by atoms with Gasteiger partial charge in [0.05, 0.1) is 0 Å². The third-order valence-corrected chi connectivity index (χ3v) is 4.21. The summed E-state index contributed by atoms with van der Waals surface area (Å²) in [6.07, 6.45) is 3.67. The van der Waals surface area contributed by atoms with Crippen LogP contribution < -0.4 is 5.32 Å². The van der Waals surface area contributed by atoms with Crippen LogP contribution in [0.25, 0.3) is 0 Å². The van der Waals surface area contributed by atoms with Gasteiger partial charge in [-0.3, -0.25) is 4.79 Å². The number of Topliss-reactive ketones (excluding diaryl/α,β-unsaturated/α-hetero) is 1. The Morgan fingerprint density at radius 2 is 2.37 bits per heavy atom. The van der Waals surface area contributed by atoms with Gasteiger partial charge >= 0.3 is 0 Å². The van der Waals surface area contributed by atoms with Crippen molar-refractivity contribution in [3.05, 3.63) is 34.9 Å². The van der Waals surface area contributed by atoms with Crippen LogP contribution in [-0.4, -0.2) is 18.9 Å². The van der Waals surface area contributed by atoms with Crippen molar-refractivity contribution in [2.75, 3.05) is 13.1 Å². The van der Waals surface area contributed by atoms with Crippen LogP contribution in [-0.2, 0) is 11.2 Å². The van der Waals surface area contributed by atoms with Gasteiger partial charge in [-0.1, -0.05) is 30.7 Å². The van der Waals surface area contributed by atoms with Gasteiger partial charge in [-0.05, 0) is 55.5 Å². The summed E-state index contributed by atoms with van der Waals surface area (Å²) in [5.74, 6) is 1.44. The van der Waals surface area contributed by atoms with Crippen molar-refractivity contribution in [1.29, 1.82) is 0 Å². The largest absolute Gasteiger partial charge is 0.316 e. The van der Waals surface area contributed by atoms with E-state index in [4.69, 9.17) is 11.6 Å². The van der Waals surface area contributed by atoms with Crippen LogP contribution in [0.5, 0.6) is 0 Å². The molecular formula is C16H22ClNO. The van der Waals surface area contributed by atoms with Gasteiger partial charge in [0.1, 0.15) is 5.78 Å². The SMILES string of the molecule is CC(CC(=O)Cc1cccc(Cl)c1)C1CCCNC1. The summed E-state index contributed by atoms with van der Waals surface area (Å²) in [5.41, 5.74) is 1.02. The Hall–Kier alpha value is -0.860. The minimum absolute atomic E-state index is 0.320. The lowest BCUT2D eigenvalue weighted by molar-refractivity contribution is -0.119. The summed E-state index contributed by atoms with van der Waals surface area (Å²) in [5, 5.41) is 4.12. The van der Waals surface area contributed by atoms with Gasteiger partial charge in [0.2, 0.25) is 0 Å². The Balaban J connectivity index is 1.83. The predicted octanol–water partition coefficient (Wildman–Crippen LogP) is 3.48. The number of carbonyl (C=O) groups excluding carboxylic acids is 1. The van der Waals surface area contributed by atoms with E-state index in [0.717, 1.165) is 18.7 Å². The number of carbonyl (C=O) groups is 1. The molecule has 1 saturated heterocycles. The monoisotopic (exact) mass is 279 g/mol. The molecule has 2 rings (SSSR count). The second-order valence-electron chi connectivity index (χ2n) is 5.63. The Bertz CT molecular complexity index is 427. The topological polar surface area (TPSA) is 29.1 Å². The molecule has 0 bridgehead atoms. The number of halogens is 1. The number of piperidine rings is 1. The Morgan fingerprint density at radius 3 is 3.05 bits per heavy atom. The standard InChI is InChI=1S/C16H22ClNO/c1-12(14-5-3-7-18-11-14)8-16(19)10-13-4-2-6-15(17)9-13/h2,4,6,9,12,14,18H,3,5,7-8,10-11H2,1H3. The molecule has 0 saturated carbocycles. The second kappa shape index (κ2) is 7.06. The molecule has 104 valence electrons. The minimum Gasteiger partial charge on any atom is -0.316 e. The van der Waals surface area contributed by atoms with E-state index in [1.54, 1.807) is 0 Å². The highest BCUT2D eigenvalue weighted by Crippen LogP contribution is 2.23. The molecule has 0 aromatic heterocycles. The fraction of sp³-hybridized carbons (Fsp3) is 0.562. The fourth-order valence-corrected chi connectivity index (χ4v) is 3.05. The van der Waals surface area contributed by atoms with E-state index in [2.05, 4.69) is 12.2 Å². The predicted molar refractivity (Wildman–Crippen MR) is 79.5 cm³/mol. The fourth-order valence-electron chi connectivity index (χ4n) is 2.84. The minimum atomic E-state index is 0.320. The Morgan fingerprint density at radius 1 is 1.53 bits per heavy atom. The van der Waals surface area contributed by atoms with Gasteiger partial charge in [-0.25, -0.2) is 0 Å². The Kier molecular flexibility index (Phi) is 5.41. The zero-order chi connectivity index (χ0) is 13.7. The summed E-state index contributed by atoms with van der Waals surface area (Å²) in [4.78, 5) is 12.1. The van der Waals surface area contributed by atoms with Gasteiger partial charge < -0.3 is 5.32 Å². The quantitative estimate of drug-likeness (QED) is 0.894. The van der Waals surface area contributed by atoms with Crippen molar-refractivity contribution < 1.29 is 4.79 Å². The molecule has 1 aliphatic rings. The maximum atomic E-state index is 12.1. The number of rotatable bonds is 5. The van der Waals surface area contributed by atoms with Gasteiger partial charge in [0.15, 0.2) is 0 Å². The van der Waals surface area contributed by atoms with E-state index in [9.17, 15) is 4.79 Å². The molecule has 1 aromatic rings. The molecular weight excluding hydrogens is 258 g/mol. The molecule has 0 radical (unpaired) electrons.